The van der Waals surface area contributed by atoms with Gasteiger partial charge in [-0.1, -0.05) is 23.7 Å². The summed E-state index contributed by atoms with van der Waals surface area (Å²) in [5, 5.41) is 3.59. The number of aryl methyl sites for hydroxylation is 1. The number of halogens is 1. The van der Waals surface area contributed by atoms with Gasteiger partial charge >= 0.3 is 0 Å². The van der Waals surface area contributed by atoms with Crippen LogP contribution in [0.1, 0.15) is 42.6 Å². The Morgan fingerprint density at radius 2 is 2.24 bits per heavy atom. The summed E-state index contributed by atoms with van der Waals surface area (Å²) in [4.78, 5) is 14.8. The average Bonchev–Trinajstić information content (AvgIpc) is 2.45. The highest BCUT2D eigenvalue weighted by Crippen LogP contribution is 2.20. The third-order valence-electron chi connectivity index (χ3n) is 4.28. The largest absolute Gasteiger partial charge is 0.352 e. The molecule has 1 aliphatic rings. The predicted octanol–water partition coefficient (Wildman–Crippen LogP) is 3.50. The summed E-state index contributed by atoms with van der Waals surface area (Å²) in [6.45, 7) is 9.35. The second kappa shape index (κ2) is 7.28. The summed E-state index contributed by atoms with van der Waals surface area (Å²) in [6.07, 6.45) is 2.40. The Bertz CT molecular complexity index is 481. The summed E-state index contributed by atoms with van der Waals surface area (Å²) >= 11 is 6.14. The van der Waals surface area contributed by atoms with Crippen molar-refractivity contribution in [3.8, 4) is 0 Å². The molecule has 0 aliphatic carbocycles. The van der Waals surface area contributed by atoms with E-state index in [1.165, 1.54) is 19.4 Å². The zero-order chi connectivity index (χ0) is 15.4. The lowest BCUT2D eigenvalue weighted by Gasteiger charge is -2.35. The smallest absolute Gasteiger partial charge is 0.253 e. The Kier molecular flexibility index (Phi) is 5.65. The maximum absolute atomic E-state index is 12.3. The van der Waals surface area contributed by atoms with Crippen LogP contribution in [0.2, 0.25) is 5.02 Å². The van der Waals surface area contributed by atoms with E-state index >= 15 is 0 Å². The molecule has 1 saturated heterocycles. The highest BCUT2D eigenvalue weighted by Gasteiger charge is 2.22. The average molecular weight is 309 g/mol. The van der Waals surface area contributed by atoms with Crippen molar-refractivity contribution < 1.29 is 4.79 Å². The number of nitrogens with one attached hydrogen (secondary N) is 1. The summed E-state index contributed by atoms with van der Waals surface area (Å²) in [5.74, 6) is 0.479. The zero-order valence-electron chi connectivity index (χ0n) is 13.2. The van der Waals surface area contributed by atoms with Crippen molar-refractivity contribution in [2.45, 2.75) is 39.7 Å². The lowest BCUT2D eigenvalue weighted by Crippen LogP contribution is -2.43. The van der Waals surface area contributed by atoms with Crippen LogP contribution in [0, 0.1) is 12.8 Å². The molecular formula is C17H25ClN2O. The number of carbonyl (C=O) groups is 1. The van der Waals surface area contributed by atoms with E-state index < -0.39 is 0 Å². The first-order chi connectivity index (χ1) is 9.99. The highest BCUT2D eigenvalue weighted by atomic mass is 35.5. The molecule has 3 nitrogen and oxygen atoms in total. The van der Waals surface area contributed by atoms with E-state index in [9.17, 15) is 4.79 Å². The van der Waals surface area contributed by atoms with Gasteiger partial charge in [-0.05, 0) is 57.7 Å². The Hall–Kier alpha value is -1.06. The van der Waals surface area contributed by atoms with Crippen molar-refractivity contribution in [2.75, 3.05) is 19.6 Å². The number of likely N-dealkylation sites (tertiary alicyclic amines) is 1. The van der Waals surface area contributed by atoms with Gasteiger partial charge in [0.2, 0.25) is 0 Å². The molecule has 0 radical (unpaired) electrons. The number of amides is 1. The van der Waals surface area contributed by atoms with Crippen LogP contribution in [0.15, 0.2) is 18.2 Å². The molecule has 4 heteroatoms. The summed E-state index contributed by atoms with van der Waals surface area (Å²) in [5.41, 5.74) is 1.53. The Morgan fingerprint density at radius 3 is 2.90 bits per heavy atom. The number of piperidine rings is 1. The molecular weight excluding hydrogens is 284 g/mol. The van der Waals surface area contributed by atoms with Crippen LogP contribution in [0.25, 0.3) is 0 Å². The molecule has 1 N–H and O–H groups in total. The minimum absolute atomic E-state index is 0.0558. The first kappa shape index (κ1) is 16.3. The monoisotopic (exact) mass is 308 g/mol. The molecule has 1 atom stereocenters. The van der Waals surface area contributed by atoms with Crippen LogP contribution in [-0.2, 0) is 0 Å². The zero-order valence-corrected chi connectivity index (χ0v) is 13.9. The molecule has 0 aromatic heterocycles. The van der Waals surface area contributed by atoms with Crippen molar-refractivity contribution >= 4 is 17.5 Å². The van der Waals surface area contributed by atoms with Crippen molar-refractivity contribution in [1.82, 2.24) is 10.2 Å². The number of nitrogens with zero attached hydrogens (tertiary/aromatic N) is 1. The normalized spacial score (nSPS) is 19.8. The molecule has 2 rings (SSSR count). The number of hydrogen-bond acceptors (Lipinski definition) is 2. The van der Waals surface area contributed by atoms with Crippen molar-refractivity contribution in [3.05, 3.63) is 34.3 Å². The number of benzene rings is 1. The highest BCUT2D eigenvalue weighted by molar-refractivity contribution is 6.34. The lowest BCUT2D eigenvalue weighted by molar-refractivity contribution is 0.0922. The van der Waals surface area contributed by atoms with Gasteiger partial charge in [0, 0.05) is 19.1 Å². The van der Waals surface area contributed by atoms with Crippen LogP contribution in [-0.4, -0.2) is 36.5 Å². The van der Waals surface area contributed by atoms with E-state index in [4.69, 9.17) is 11.6 Å². The van der Waals surface area contributed by atoms with Gasteiger partial charge in [-0.15, -0.1) is 0 Å². The topological polar surface area (TPSA) is 32.3 Å². The third kappa shape index (κ3) is 4.21. The van der Waals surface area contributed by atoms with E-state index in [0.29, 0.717) is 22.5 Å². The summed E-state index contributed by atoms with van der Waals surface area (Å²) in [6, 6.07) is 6.14. The summed E-state index contributed by atoms with van der Waals surface area (Å²) < 4.78 is 0. The maximum atomic E-state index is 12.3. The molecule has 1 fully saturated rings. The van der Waals surface area contributed by atoms with Gasteiger partial charge in [-0.25, -0.2) is 0 Å². The first-order valence-corrected chi connectivity index (χ1v) is 8.14. The number of hydrogen-bond donors (Lipinski definition) is 1. The van der Waals surface area contributed by atoms with E-state index in [2.05, 4.69) is 24.1 Å². The molecule has 1 heterocycles. The van der Waals surface area contributed by atoms with Gasteiger partial charge < -0.3 is 10.2 Å². The van der Waals surface area contributed by atoms with Crippen LogP contribution in [0.5, 0.6) is 0 Å². The predicted molar refractivity (Wildman–Crippen MR) is 88.0 cm³/mol. The van der Waals surface area contributed by atoms with Crippen molar-refractivity contribution in [3.63, 3.8) is 0 Å². The minimum Gasteiger partial charge on any atom is -0.352 e. The molecule has 0 bridgehead atoms. The number of carbonyl (C=O) groups excluding carboxylic acids is 1. The van der Waals surface area contributed by atoms with Crippen LogP contribution >= 0.6 is 11.6 Å². The maximum Gasteiger partial charge on any atom is 0.253 e. The van der Waals surface area contributed by atoms with Gasteiger partial charge in [0.05, 0.1) is 10.6 Å². The molecule has 116 valence electrons. The Morgan fingerprint density at radius 1 is 1.48 bits per heavy atom. The molecule has 1 amide bonds. The fourth-order valence-corrected chi connectivity index (χ4v) is 3.29. The molecule has 0 saturated carbocycles. The quantitative estimate of drug-likeness (QED) is 0.923. The van der Waals surface area contributed by atoms with Crippen LogP contribution in [0.4, 0.5) is 0 Å². The van der Waals surface area contributed by atoms with Crippen molar-refractivity contribution in [2.24, 2.45) is 5.92 Å². The van der Waals surface area contributed by atoms with Crippen LogP contribution < -0.4 is 5.32 Å². The second-order valence-corrected chi connectivity index (χ2v) is 6.65. The van der Waals surface area contributed by atoms with E-state index in [-0.39, 0.29) is 5.91 Å². The minimum atomic E-state index is -0.0558. The van der Waals surface area contributed by atoms with Crippen LogP contribution in [0.3, 0.4) is 0 Å². The lowest BCUT2D eigenvalue weighted by atomic mass is 9.96. The molecule has 1 aromatic rings. The fourth-order valence-electron chi connectivity index (χ4n) is 2.98. The first-order valence-electron chi connectivity index (χ1n) is 7.76. The third-order valence-corrected chi connectivity index (χ3v) is 4.60. The number of rotatable bonds is 4. The fraction of sp³-hybridized carbons (Fsp3) is 0.588. The molecule has 0 spiro atoms. The van der Waals surface area contributed by atoms with Crippen molar-refractivity contribution in [1.29, 1.82) is 0 Å². The SMILES string of the molecule is Cc1cccc(Cl)c1C(=O)NC[C@@H]1CCCN(C(C)C)C1. The van der Waals surface area contributed by atoms with E-state index in [1.807, 2.05) is 19.1 Å². The van der Waals surface area contributed by atoms with Gasteiger partial charge in [-0.3, -0.25) is 4.79 Å². The van der Waals surface area contributed by atoms with Gasteiger partial charge in [0.15, 0.2) is 0 Å². The molecule has 0 unspecified atom stereocenters. The molecule has 1 aromatic carbocycles. The van der Waals surface area contributed by atoms with E-state index in [1.54, 1.807) is 6.07 Å². The molecule has 1 aliphatic heterocycles. The summed E-state index contributed by atoms with van der Waals surface area (Å²) in [7, 11) is 0. The van der Waals surface area contributed by atoms with Gasteiger partial charge in [-0.2, -0.15) is 0 Å². The Balaban J connectivity index is 1.92. The molecule has 21 heavy (non-hydrogen) atoms. The second-order valence-electron chi connectivity index (χ2n) is 6.24. The Labute approximate surface area is 132 Å². The standard InChI is InChI=1S/C17H25ClN2O/c1-12(2)20-9-5-7-14(11-20)10-19-17(21)16-13(3)6-4-8-15(16)18/h4,6,8,12,14H,5,7,9-11H2,1-3H3,(H,19,21)/t14-/m0/s1. The van der Waals surface area contributed by atoms with Gasteiger partial charge in [0.1, 0.15) is 0 Å². The van der Waals surface area contributed by atoms with E-state index in [0.717, 1.165) is 18.7 Å². The van der Waals surface area contributed by atoms with Gasteiger partial charge in [0.25, 0.3) is 5.91 Å².